The van der Waals surface area contributed by atoms with E-state index >= 15 is 0 Å². The molecule has 0 bridgehead atoms. The lowest BCUT2D eigenvalue weighted by atomic mass is 9.73. The van der Waals surface area contributed by atoms with E-state index in [1.54, 1.807) is 0 Å². The monoisotopic (exact) mass is 221 g/mol. The molecule has 1 atom stereocenters. The Balaban J connectivity index is 2.91. The highest BCUT2D eigenvalue weighted by molar-refractivity contribution is 5.23. The maximum atomic E-state index is 9.60. The molecule has 1 rings (SSSR count). The van der Waals surface area contributed by atoms with Gasteiger partial charge in [-0.25, -0.2) is 0 Å². The molecule has 0 aromatic heterocycles. The Kier molecular flexibility index (Phi) is 4.51. The molecule has 1 aromatic carbocycles. The van der Waals surface area contributed by atoms with Crippen molar-refractivity contribution in [2.45, 2.75) is 27.2 Å². The second-order valence-electron chi connectivity index (χ2n) is 5.05. The van der Waals surface area contributed by atoms with E-state index in [9.17, 15) is 5.11 Å². The fourth-order valence-corrected chi connectivity index (χ4v) is 2.04. The predicted molar refractivity (Wildman–Crippen MR) is 68.3 cm³/mol. The van der Waals surface area contributed by atoms with E-state index < -0.39 is 0 Å². The van der Waals surface area contributed by atoms with Crippen LogP contribution in [0.2, 0.25) is 0 Å². The van der Waals surface area contributed by atoms with Crippen LogP contribution >= 0.6 is 0 Å². The molecule has 16 heavy (non-hydrogen) atoms. The maximum absolute atomic E-state index is 9.60. The van der Waals surface area contributed by atoms with Crippen LogP contribution in [-0.2, 0) is 6.42 Å². The van der Waals surface area contributed by atoms with Crippen molar-refractivity contribution < 1.29 is 5.11 Å². The van der Waals surface area contributed by atoms with Gasteiger partial charge < -0.3 is 10.8 Å². The van der Waals surface area contributed by atoms with E-state index in [2.05, 4.69) is 45.0 Å². The summed E-state index contributed by atoms with van der Waals surface area (Å²) < 4.78 is 0. The number of aliphatic hydroxyl groups is 1. The molecular formula is C14H23NO. The van der Waals surface area contributed by atoms with Crippen molar-refractivity contribution in [3.05, 3.63) is 35.4 Å². The number of aryl methyl sites for hydroxylation is 1. The average molecular weight is 221 g/mol. The van der Waals surface area contributed by atoms with Crippen molar-refractivity contribution in [3.63, 3.8) is 0 Å². The van der Waals surface area contributed by atoms with Gasteiger partial charge in [-0.1, -0.05) is 43.7 Å². The Labute approximate surface area is 98.5 Å². The molecule has 0 aliphatic heterocycles. The van der Waals surface area contributed by atoms with Crippen LogP contribution in [0.15, 0.2) is 24.3 Å². The molecule has 1 aromatic rings. The Morgan fingerprint density at radius 2 is 2.06 bits per heavy atom. The molecule has 0 aliphatic carbocycles. The SMILES string of the molecule is Cc1cccc(CC(CN)(CO)C(C)C)c1. The molecule has 0 radical (unpaired) electrons. The van der Waals surface area contributed by atoms with Crippen LogP contribution in [0.25, 0.3) is 0 Å². The average Bonchev–Trinajstić information content (AvgIpc) is 2.25. The first-order valence-electron chi connectivity index (χ1n) is 5.90. The van der Waals surface area contributed by atoms with Crippen LogP contribution in [0, 0.1) is 18.3 Å². The van der Waals surface area contributed by atoms with Gasteiger partial charge in [0.15, 0.2) is 0 Å². The van der Waals surface area contributed by atoms with Crippen molar-refractivity contribution in [2.24, 2.45) is 17.1 Å². The Hall–Kier alpha value is -0.860. The maximum Gasteiger partial charge on any atom is 0.0505 e. The predicted octanol–water partition coefficient (Wildman–Crippen LogP) is 2.13. The number of benzene rings is 1. The molecular weight excluding hydrogens is 198 g/mol. The van der Waals surface area contributed by atoms with Crippen molar-refractivity contribution in [1.82, 2.24) is 0 Å². The summed E-state index contributed by atoms with van der Waals surface area (Å²) in [6.45, 7) is 7.00. The fraction of sp³-hybridized carbons (Fsp3) is 0.571. The summed E-state index contributed by atoms with van der Waals surface area (Å²) in [6, 6.07) is 8.42. The zero-order valence-corrected chi connectivity index (χ0v) is 10.5. The number of nitrogens with two attached hydrogens (primary N) is 1. The lowest BCUT2D eigenvalue weighted by molar-refractivity contribution is 0.0843. The molecule has 0 heterocycles. The van der Waals surface area contributed by atoms with Crippen LogP contribution in [0.1, 0.15) is 25.0 Å². The second-order valence-corrected chi connectivity index (χ2v) is 5.05. The summed E-state index contributed by atoms with van der Waals surface area (Å²) in [6.07, 6.45) is 0.847. The number of hydrogen-bond donors (Lipinski definition) is 2. The third-order valence-electron chi connectivity index (χ3n) is 3.58. The van der Waals surface area contributed by atoms with E-state index in [1.165, 1.54) is 11.1 Å². The minimum Gasteiger partial charge on any atom is -0.396 e. The Morgan fingerprint density at radius 1 is 1.38 bits per heavy atom. The van der Waals surface area contributed by atoms with Gasteiger partial charge in [0.05, 0.1) is 6.61 Å². The summed E-state index contributed by atoms with van der Waals surface area (Å²) in [5, 5.41) is 9.60. The van der Waals surface area contributed by atoms with Gasteiger partial charge in [0, 0.05) is 12.0 Å². The normalized spacial score (nSPS) is 15.1. The minimum absolute atomic E-state index is 0.148. The lowest BCUT2D eigenvalue weighted by Crippen LogP contribution is -2.41. The first-order chi connectivity index (χ1) is 7.54. The molecule has 2 nitrogen and oxygen atoms in total. The molecule has 0 amide bonds. The highest BCUT2D eigenvalue weighted by atomic mass is 16.3. The summed E-state index contributed by atoms with van der Waals surface area (Å²) in [7, 11) is 0. The molecule has 2 heteroatoms. The summed E-state index contributed by atoms with van der Waals surface area (Å²) in [5.41, 5.74) is 8.17. The van der Waals surface area contributed by atoms with Gasteiger partial charge in [0.1, 0.15) is 0 Å². The van der Waals surface area contributed by atoms with Crippen LogP contribution in [0.5, 0.6) is 0 Å². The topological polar surface area (TPSA) is 46.2 Å². The van der Waals surface area contributed by atoms with Gasteiger partial charge in [-0.3, -0.25) is 0 Å². The molecule has 0 fully saturated rings. The first-order valence-corrected chi connectivity index (χ1v) is 5.90. The molecule has 3 N–H and O–H groups in total. The molecule has 0 saturated carbocycles. The van der Waals surface area contributed by atoms with Gasteiger partial charge >= 0.3 is 0 Å². The third kappa shape index (κ3) is 2.83. The van der Waals surface area contributed by atoms with E-state index in [0.717, 1.165) is 6.42 Å². The molecule has 0 saturated heterocycles. The van der Waals surface area contributed by atoms with E-state index in [-0.39, 0.29) is 12.0 Å². The van der Waals surface area contributed by atoms with E-state index in [4.69, 9.17) is 5.73 Å². The molecule has 1 unspecified atom stereocenters. The van der Waals surface area contributed by atoms with Crippen LogP contribution in [0.4, 0.5) is 0 Å². The highest BCUT2D eigenvalue weighted by Crippen LogP contribution is 2.30. The zero-order chi connectivity index (χ0) is 12.2. The Bertz CT molecular complexity index is 329. The minimum atomic E-state index is -0.187. The number of rotatable bonds is 5. The standard InChI is InChI=1S/C14H23NO/c1-11(2)14(9-15,10-16)8-13-6-4-5-12(3)7-13/h4-7,11,16H,8-10,15H2,1-3H3. The largest absolute Gasteiger partial charge is 0.396 e. The van der Waals surface area contributed by atoms with Crippen LogP contribution in [-0.4, -0.2) is 18.3 Å². The highest BCUT2D eigenvalue weighted by Gasteiger charge is 2.31. The number of hydrogen-bond acceptors (Lipinski definition) is 2. The van der Waals surface area contributed by atoms with Crippen molar-refractivity contribution in [3.8, 4) is 0 Å². The van der Waals surface area contributed by atoms with Crippen LogP contribution < -0.4 is 5.73 Å². The van der Waals surface area contributed by atoms with Crippen molar-refractivity contribution in [2.75, 3.05) is 13.2 Å². The smallest absolute Gasteiger partial charge is 0.0505 e. The molecule has 0 aliphatic rings. The van der Waals surface area contributed by atoms with Crippen LogP contribution in [0.3, 0.4) is 0 Å². The summed E-state index contributed by atoms with van der Waals surface area (Å²) in [4.78, 5) is 0. The van der Waals surface area contributed by atoms with Gasteiger partial charge in [0.2, 0.25) is 0 Å². The van der Waals surface area contributed by atoms with Crippen molar-refractivity contribution in [1.29, 1.82) is 0 Å². The van der Waals surface area contributed by atoms with Gasteiger partial charge in [0.25, 0.3) is 0 Å². The van der Waals surface area contributed by atoms with Gasteiger partial charge in [-0.2, -0.15) is 0 Å². The Morgan fingerprint density at radius 3 is 2.50 bits per heavy atom. The van der Waals surface area contributed by atoms with Gasteiger partial charge in [-0.05, 0) is 24.8 Å². The first kappa shape index (κ1) is 13.2. The second kappa shape index (κ2) is 5.46. The van der Waals surface area contributed by atoms with E-state index in [1.807, 2.05) is 0 Å². The van der Waals surface area contributed by atoms with E-state index in [0.29, 0.717) is 12.5 Å². The lowest BCUT2D eigenvalue weighted by Gasteiger charge is -2.35. The quantitative estimate of drug-likeness (QED) is 0.800. The summed E-state index contributed by atoms with van der Waals surface area (Å²) >= 11 is 0. The van der Waals surface area contributed by atoms with Crippen molar-refractivity contribution >= 4 is 0 Å². The molecule has 0 spiro atoms. The van der Waals surface area contributed by atoms with Gasteiger partial charge in [-0.15, -0.1) is 0 Å². The molecule has 90 valence electrons. The third-order valence-corrected chi connectivity index (χ3v) is 3.58. The number of aliphatic hydroxyl groups excluding tert-OH is 1. The summed E-state index contributed by atoms with van der Waals surface area (Å²) in [5.74, 6) is 0.378. The zero-order valence-electron chi connectivity index (χ0n) is 10.5. The fourth-order valence-electron chi connectivity index (χ4n) is 2.04.